The fourth-order valence-electron chi connectivity index (χ4n) is 6.06. The number of fused-ring (bicyclic) bond motifs is 5. The lowest BCUT2D eigenvalue weighted by Gasteiger charge is -2.50. The van der Waals surface area contributed by atoms with Crippen LogP contribution in [0.4, 0.5) is 0 Å². The third-order valence-electron chi connectivity index (χ3n) is 7.41. The number of nitrogens with one attached hydrogen (secondary N) is 1. The van der Waals surface area contributed by atoms with Crippen LogP contribution in [0.3, 0.4) is 0 Å². The highest BCUT2D eigenvalue weighted by Gasteiger charge is 2.53. The minimum atomic E-state index is -4.02. The molecule has 1 amide bonds. The third-order valence-corrected chi connectivity index (χ3v) is 7.83. The Bertz CT molecular complexity index is 985. The molecule has 1 aromatic rings. The van der Waals surface area contributed by atoms with Gasteiger partial charge in [0, 0.05) is 17.5 Å². The molecule has 0 radical (unpaired) electrons. The van der Waals surface area contributed by atoms with E-state index in [4.69, 9.17) is 9.32 Å². The minimum Gasteiger partial charge on any atom is -0.371 e. The Morgan fingerprint density at radius 1 is 1.33 bits per heavy atom. The van der Waals surface area contributed by atoms with Crippen molar-refractivity contribution in [1.29, 1.82) is 0 Å². The molecule has 0 aromatic heterocycles. The quantitative estimate of drug-likeness (QED) is 0.745. The summed E-state index contributed by atoms with van der Waals surface area (Å²) in [6.07, 6.45) is 7.11. The minimum absolute atomic E-state index is 0.0591. The van der Waals surface area contributed by atoms with Gasteiger partial charge in [0.15, 0.2) is 0 Å². The van der Waals surface area contributed by atoms with Crippen LogP contribution in [0, 0.1) is 23.2 Å². The summed E-state index contributed by atoms with van der Waals surface area (Å²) in [6, 6.07) is 5.53. The second-order valence-corrected chi connectivity index (χ2v) is 10.9. The van der Waals surface area contributed by atoms with E-state index in [0.717, 1.165) is 43.2 Å². The van der Waals surface area contributed by atoms with Crippen LogP contribution in [0.5, 0.6) is 5.75 Å². The van der Waals surface area contributed by atoms with Crippen molar-refractivity contribution in [1.82, 2.24) is 5.32 Å². The molecule has 0 saturated heterocycles. The molecule has 30 heavy (non-hydrogen) atoms. The van der Waals surface area contributed by atoms with Crippen LogP contribution >= 0.6 is 0 Å². The highest BCUT2D eigenvalue weighted by Crippen LogP contribution is 2.61. The lowest BCUT2D eigenvalue weighted by atomic mass is 9.54. The number of nitrogens with two attached hydrogens (primary N) is 1. The standard InChI is InChI=1S/C23H32N2O4S/c1-14(2)13-25-22(26)21-9-8-20-19-6-4-15-12-16(29-30(24,27)28)5-7-17(15)18(19)10-11-23(20,21)3/h5,7,9,12,14,18-20H,4,6,8,10-11,13H2,1-3H3,(H,25,26)(H2,24,27,28)/t18?,19?,20?,23-/m0/s1. The maximum Gasteiger partial charge on any atom is 0.380 e. The Morgan fingerprint density at radius 2 is 2.10 bits per heavy atom. The number of carbonyl (C=O) groups excluding carboxylic acids is 1. The van der Waals surface area contributed by atoms with Crippen molar-refractivity contribution >= 4 is 16.2 Å². The summed E-state index contributed by atoms with van der Waals surface area (Å²) >= 11 is 0. The number of amides is 1. The van der Waals surface area contributed by atoms with Gasteiger partial charge in [-0.25, -0.2) is 0 Å². The van der Waals surface area contributed by atoms with Crippen LogP contribution in [-0.2, 0) is 21.5 Å². The number of benzene rings is 1. The van der Waals surface area contributed by atoms with Gasteiger partial charge in [-0.3, -0.25) is 4.79 Å². The molecule has 0 heterocycles. The lowest BCUT2D eigenvalue weighted by Crippen LogP contribution is -2.44. The first-order chi connectivity index (χ1) is 14.1. The maximum atomic E-state index is 12.9. The average Bonchev–Trinajstić information content (AvgIpc) is 3.01. The summed E-state index contributed by atoms with van der Waals surface area (Å²) in [6.45, 7) is 7.20. The molecule has 6 nitrogen and oxygen atoms in total. The molecule has 4 rings (SSSR count). The molecule has 3 aliphatic rings. The molecule has 0 aliphatic heterocycles. The first-order valence-electron chi connectivity index (χ1n) is 10.9. The van der Waals surface area contributed by atoms with E-state index in [1.807, 2.05) is 12.1 Å². The summed E-state index contributed by atoms with van der Waals surface area (Å²) in [5, 5.41) is 8.12. The Labute approximate surface area is 179 Å². The zero-order chi connectivity index (χ0) is 21.7. The van der Waals surface area contributed by atoms with E-state index in [1.165, 1.54) is 5.56 Å². The van der Waals surface area contributed by atoms with Crippen LogP contribution in [0.25, 0.3) is 0 Å². The molecule has 164 valence electrons. The predicted octanol–water partition coefficient (Wildman–Crippen LogP) is 3.43. The number of hydrogen-bond acceptors (Lipinski definition) is 4. The van der Waals surface area contributed by atoms with Gasteiger partial charge in [-0.1, -0.05) is 32.9 Å². The van der Waals surface area contributed by atoms with Gasteiger partial charge < -0.3 is 9.50 Å². The average molecular weight is 433 g/mol. The van der Waals surface area contributed by atoms with Gasteiger partial charge in [0.05, 0.1) is 0 Å². The molecule has 1 aromatic carbocycles. The van der Waals surface area contributed by atoms with E-state index in [-0.39, 0.29) is 17.1 Å². The maximum absolute atomic E-state index is 12.9. The molecule has 1 saturated carbocycles. The zero-order valence-electron chi connectivity index (χ0n) is 18.0. The molecule has 7 heteroatoms. The van der Waals surface area contributed by atoms with Gasteiger partial charge in [0.25, 0.3) is 0 Å². The lowest BCUT2D eigenvalue weighted by molar-refractivity contribution is -0.119. The molecule has 3 N–H and O–H groups in total. The largest absolute Gasteiger partial charge is 0.380 e. The summed E-state index contributed by atoms with van der Waals surface area (Å²) < 4.78 is 27.4. The third kappa shape index (κ3) is 3.89. The number of aryl methyl sites for hydroxylation is 1. The van der Waals surface area contributed by atoms with Crippen molar-refractivity contribution < 1.29 is 17.4 Å². The fraction of sp³-hybridized carbons (Fsp3) is 0.609. The molecule has 1 fully saturated rings. The van der Waals surface area contributed by atoms with Gasteiger partial charge in [0.1, 0.15) is 5.75 Å². The van der Waals surface area contributed by atoms with Crippen LogP contribution in [0.15, 0.2) is 29.8 Å². The van der Waals surface area contributed by atoms with Crippen LogP contribution in [0.1, 0.15) is 63.5 Å². The highest BCUT2D eigenvalue weighted by molar-refractivity contribution is 7.84. The molecular weight excluding hydrogens is 400 g/mol. The Morgan fingerprint density at radius 3 is 2.80 bits per heavy atom. The van der Waals surface area contributed by atoms with E-state index >= 15 is 0 Å². The number of rotatable bonds is 5. The van der Waals surface area contributed by atoms with E-state index in [9.17, 15) is 13.2 Å². The number of carbonyl (C=O) groups is 1. The first-order valence-corrected chi connectivity index (χ1v) is 12.4. The Balaban J connectivity index is 1.54. The molecule has 0 bridgehead atoms. The normalized spacial score (nSPS) is 30.2. The summed E-state index contributed by atoms with van der Waals surface area (Å²) in [4.78, 5) is 12.9. The summed E-state index contributed by atoms with van der Waals surface area (Å²) in [5.74, 6) is 2.28. The first kappa shape index (κ1) is 21.4. The van der Waals surface area contributed by atoms with E-state index < -0.39 is 10.3 Å². The van der Waals surface area contributed by atoms with Crippen molar-refractivity contribution in [2.75, 3.05) is 6.54 Å². The molecule has 3 unspecified atom stereocenters. The summed E-state index contributed by atoms with van der Waals surface area (Å²) in [7, 11) is -4.02. The fourth-order valence-corrected chi connectivity index (χ4v) is 6.43. The van der Waals surface area contributed by atoms with Crippen molar-refractivity contribution in [3.05, 3.63) is 41.0 Å². The van der Waals surface area contributed by atoms with Crippen LogP contribution in [0.2, 0.25) is 0 Å². The number of allylic oxidation sites excluding steroid dienone is 1. The monoisotopic (exact) mass is 432 g/mol. The van der Waals surface area contributed by atoms with Crippen molar-refractivity contribution in [3.63, 3.8) is 0 Å². The van der Waals surface area contributed by atoms with Crippen molar-refractivity contribution in [2.45, 2.75) is 58.8 Å². The zero-order valence-corrected chi connectivity index (χ0v) is 18.8. The van der Waals surface area contributed by atoms with Crippen LogP contribution in [-0.4, -0.2) is 20.9 Å². The van der Waals surface area contributed by atoms with Gasteiger partial charge in [0.2, 0.25) is 5.91 Å². The van der Waals surface area contributed by atoms with E-state index in [0.29, 0.717) is 30.2 Å². The van der Waals surface area contributed by atoms with Crippen LogP contribution < -0.4 is 14.6 Å². The molecule has 3 aliphatic carbocycles. The molecule has 4 atom stereocenters. The SMILES string of the molecule is CC(C)CNC(=O)C1=CCC2C3CCc4cc(OS(N)(=O)=O)ccc4C3CC[C@]12C. The van der Waals surface area contributed by atoms with E-state index in [1.54, 1.807) is 6.07 Å². The van der Waals surface area contributed by atoms with Crippen molar-refractivity contribution in [3.8, 4) is 5.75 Å². The Kier molecular flexibility index (Phi) is 5.47. The van der Waals surface area contributed by atoms with Crippen molar-refractivity contribution in [2.24, 2.45) is 28.3 Å². The van der Waals surface area contributed by atoms with E-state index in [2.05, 4.69) is 32.2 Å². The molecular formula is C23H32N2O4S. The predicted molar refractivity (Wildman–Crippen MR) is 116 cm³/mol. The smallest absolute Gasteiger partial charge is 0.371 e. The molecule has 0 spiro atoms. The second kappa shape index (κ2) is 7.68. The van der Waals surface area contributed by atoms with Gasteiger partial charge >= 0.3 is 10.3 Å². The Hall–Kier alpha value is -1.86. The second-order valence-electron chi connectivity index (χ2n) is 9.77. The van der Waals surface area contributed by atoms with Gasteiger partial charge in [-0.15, -0.1) is 0 Å². The van der Waals surface area contributed by atoms with Gasteiger partial charge in [-0.05, 0) is 79.0 Å². The number of hydrogen-bond donors (Lipinski definition) is 2. The topological polar surface area (TPSA) is 98.5 Å². The summed E-state index contributed by atoms with van der Waals surface area (Å²) in [5.41, 5.74) is 3.38. The highest BCUT2D eigenvalue weighted by atomic mass is 32.2. The van der Waals surface area contributed by atoms with Gasteiger partial charge in [-0.2, -0.15) is 13.6 Å².